The molecule has 0 aromatic heterocycles. The van der Waals surface area contributed by atoms with Crippen molar-refractivity contribution in [3.63, 3.8) is 0 Å². The SMILES string of the molecule is [C-]#[N+]C(=C(F)F)C(F)(F)F. The van der Waals surface area contributed by atoms with Crippen LogP contribution in [0.1, 0.15) is 0 Å². The van der Waals surface area contributed by atoms with Crippen molar-refractivity contribution in [1.82, 2.24) is 0 Å². The molecule has 0 saturated carbocycles. The average molecular weight is 157 g/mol. The summed E-state index contributed by atoms with van der Waals surface area (Å²) in [5.41, 5.74) is -2.45. The van der Waals surface area contributed by atoms with Crippen LogP contribution in [-0.2, 0) is 0 Å². The van der Waals surface area contributed by atoms with Gasteiger partial charge in [0.1, 0.15) is 0 Å². The predicted molar refractivity (Wildman–Crippen MR) is 21.9 cm³/mol. The lowest BCUT2D eigenvalue weighted by atomic mass is 10.5. The monoisotopic (exact) mass is 157 g/mol. The van der Waals surface area contributed by atoms with Gasteiger partial charge in [-0.3, -0.25) is 0 Å². The lowest BCUT2D eigenvalue weighted by Crippen LogP contribution is -2.09. The van der Waals surface area contributed by atoms with Gasteiger partial charge >= 0.3 is 11.9 Å². The van der Waals surface area contributed by atoms with E-state index in [9.17, 15) is 22.0 Å². The molecule has 1 nitrogen and oxygen atoms in total. The van der Waals surface area contributed by atoms with Gasteiger partial charge in [0.15, 0.2) is 0 Å². The maximum absolute atomic E-state index is 11.2. The van der Waals surface area contributed by atoms with E-state index in [-0.39, 0.29) is 0 Å². The van der Waals surface area contributed by atoms with Gasteiger partial charge in [-0.15, -0.1) is 0 Å². The zero-order chi connectivity index (χ0) is 8.36. The van der Waals surface area contributed by atoms with Crippen LogP contribution in [-0.4, -0.2) is 6.18 Å². The Hall–Kier alpha value is -1.12. The van der Waals surface area contributed by atoms with Crippen molar-refractivity contribution >= 4 is 0 Å². The summed E-state index contributed by atoms with van der Waals surface area (Å²) in [7, 11) is 0. The normalized spacial score (nSPS) is 10.4. The number of halogens is 5. The Kier molecular flexibility index (Phi) is 2.35. The largest absolute Gasteiger partial charge is 0.425 e. The molecule has 0 saturated heterocycles. The van der Waals surface area contributed by atoms with E-state index < -0.39 is 18.0 Å². The topological polar surface area (TPSA) is 4.36 Å². The van der Waals surface area contributed by atoms with Crippen molar-refractivity contribution in [2.24, 2.45) is 0 Å². The molecule has 56 valence electrons. The molecule has 0 N–H and O–H groups in total. The van der Waals surface area contributed by atoms with Gasteiger partial charge in [0.25, 0.3) is 6.08 Å². The third kappa shape index (κ3) is 2.01. The van der Waals surface area contributed by atoms with Gasteiger partial charge in [0.05, 0.1) is 6.57 Å². The minimum atomic E-state index is -5.24. The smallest absolute Gasteiger partial charge is 0.227 e. The summed E-state index contributed by atoms with van der Waals surface area (Å²) < 4.78 is 55.9. The zero-order valence-corrected chi connectivity index (χ0v) is 4.34. The third-order valence-electron chi connectivity index (χ3n) is 0.559. The molecular formula is C4F5N. The Balaban J connectivity index is 4.78. The Morgan fingerprint density at radius 3 is 1.60 bits per heavy atom. The van der Waals surface area contributed by atoms with E-state index in [1.54, 1.807) is 4.85 Å². The van der Waals surface area contributed by atoms with Crippen molar-refractivity contribution in [1.29, 1.82) is 0 Å². The van der Waals surface area contributed by atoms with Crippen LogP contribution in [0.5, 0.6) is 0 Å². The quantitative estimate of drug-likeness (QED) is 0.376. The second-order valence-electron chi connectivity index (χ2n) is 1.22. The summed E-state index contributed by atoms with van der Waals surface area (Å²) in [5, 5.41) is 0. The molecule has 0 fully saturated rings. The van der Waals surface area contributed by atoms with Crippen molar-refractivity contribution in [2.75, 3.05) is 0 Å². The van der Waals surface area contributed by atoms with Gasteiger partial charge in [0, 0.05) is 0 Å². The average Bonchev–Trinajstić information content (AvgIpc) is 1.60. The molecular weight excluding hydrogens is 157 g/mol. The third-order valence-corrected chi connectivity index (χ3v) is 0.559. The first-order valence-electron chi connectivity index (χ1n) is 1.89. The molecule has 0 spiro atoms. The molecule has 0 aliphatic heterocycles. The van der Waals surface area contributed by atoms with Gasteiger partial charge in [0.2, 0.25) is 0 Å². The Bertz CT molecular complexity index is 191. The summed E-state index contributed by atoms with van der Waals surface area (Å²) in [6.45, 7) is 5.71. The van der Waals surface area contributed by atoms with Gasteiger partial charge < -0.3 is 0 Å². The number of nitrogens with zero attached hydrogens (tertiary/aromatic N) is 1. The standard InChI is InChI=1S/C4F5N/c1-10-2(3(5)6)4(7,8)9. The predicted octanol–water partition coefficient (Wildman–Crippen LogP) is 2.58. The summed E-state index contributed by atoms with van der Waals surface area (Å²) in [6, 6.07) is 0. The van der Waals surface area contributed by atoms with Crippen LogP contribution in [0.15, 0.2) is 11.8 Å². The van der Waals surface area contributed by atoms with Crippen LogP contribution in [0.2, 0.25) is 0 Å². The van der Waals surface area contributed by atoms with Crippen molar-refractivity contribution in [2.45, 2.75) is 6.18 Å². The van der Waals surface area contributed by atoms with Crippen LogP contribution in [0.3, 0.4) is 0 Å². The first kappa shape index (κ1) is 8.88. The number of alkyl halides is 3. The summed E-state index contributed by atoms with van der Waals surface area (Å²) >= 11 is 0. The highest BCUT2D eigenvalue weighted by Gasteiger charge is 2.39. The van der Waals surface area contributed by atoms with Gasteiger partial charge in [-0.05, 0) is 0 Å². The van der Waals surface area contributed by atoms with E-state index >= 15 is 0 Å². The number of hydrogen-bond donors (Lipinski definition) is 0. The number of allylic oxidation sites excluding steroid dienone is 1. The van der Waals surface area contributed by atoms with E-state index in [1.165, 1.54) is 0 Å². The van der Waals surface area contributed by atoms with Crippen molar-refractivity contribution < 1.29 is 22.0 Å². The van der Waals surface area contributed by atoms with Crippen LogP contribution in [0.25, 0.3) is 4.85 Å². The highest BCUT2D eigenvalue weighted by atomic mass is 19.4. The van der Waals surface area contributed by atoms with Crippen LogP contribution >= 0.6 is 0 Å². The van der Waals surface area contributed by atoms with Crippen LogP contribution in [0.4, 0.5) is 22.0 Å². The Labute approximate surface area is 52.6 Å². The van der Waals surface area contributed by atoms with E-state index in [4.69, 9.17) is 6.57 Å². The molecule has 0 atom stereocenters. The first-order valence-corrected chi connectivity index (χ1v) is 1.89. The molecule has 0 aromatic rings. The molecule has 0 heterocycles. The zero-order valence-electron chi connectivity index (χ0n) is 4.34. The van der Waals surface area contributed by atoms with E-state index in [0.717, 1.165) is 0 Å². The molecule has 0 aromatic carbocycles. The van der Waals surface area contributed by atoms with E-state index in [1.807, 2.05) is 0 Å². The minimum absolute atomic E-state index is 1.61. The lowest BCUT2D eigenvalue weighted by molar-refractivity contribution is -0.0917. The Morgan fingerprint density at radius 2 is 1.60 bits per heavy atom. The molecule has 0 bridgehead atoms. The molecule has 6 heteroatoms. The van der Waals surface area contributed by atoms with Gasteiger partial charge in [-0.2, -0.15) is 22.0 Å². The second kappa shape index (κ2) is 2.64. The molecule has 0 aliphatic rings. The van der Waals surface area contributed by atoms with Gasteiger partial charge in [-0.25, -0.2) is 4.85 Å². The van der Waals surface area contributed by atoms with Gasteiger partial charge in [-0.1, -0.05) is 0 Å². The fourth-order valence-corrected chi connectivity index (χ4v) is 0.213. The maximum atomic E-state index is 11.2. The van der Waals surface area contributed by atoms with Crippen molar-refractivity contribution in [3.05, 3.63) is 23.2 Å². The number of hydrogen-bond acceptors (Lipinski definition) is 0. The molecule has 0 unspecified atom stereocenters. The van der Waals surface area contributed by atoms with Crippen molar-refractivity contribution in [3.8, 4) is 0 Å². The number of rotatable bonds is 0. The molecule has 0 amide bonds. The molecule has 0 rings (SSSR count). The summed E-state index contributed by atoms with van der Waals surface area (Å²) in [6.07, 6.45) is -8.23. The summed E-state index contributed by atoms with van der Waals surface area (Å²) in [5.74, 6) is 0. The molecule has 0 aliphatic carbocycles. The maximum Gasteiger partial charge on any atom is 0.425 e. The first-order chi connectivity index (χ1) is 4.39. The van der Waals surface area contributed by atoms with Crippen LogP contribution < -0.4 is 0 Å². The fourth-order valence-electron chi connectivity index (χ4n) is 0.213. The lowest BCUT2D eigenvalue weighted by Gasteiger charge is -2.00. The highest BCUT2D eigenvalue weighted by molar-refractivity contribution is 5.16. The molecule has 0 radical (unpaired) electrons. The molecule has 10 heavy (non-hydrogen) atoms. The summed E-state index contributed by atoms with van der Waals surface area (Å²) in [4.78, 5) is 1.61. The Morgan fingerprint density at radius 1 is 1.20 bits per heavy atom. The fraction of sp³-hybridized carbons (Fsp3) is 0.250. The minimum Gasteiger partial charge on any atom is -0.227 e. The van der Waals surface area contributed by atoms with Crippen LogP contribution in [0, 0.1) is 6.57 Å². The van der Waals surface area contributed by atoms with E-state index in [2.05, 4.69) is 0 Å². The van der Waals surface area contributed by atoms with E-state index in [0.29, 0.717) is 0 Å². The second-order valence-corrected chi connectivity index (χ2v) is 1.22. The highest BCUT2D eigenvalue weighted by Crippen LogP contribution is 2.29.